The fraction of sp³-hybridized carbons (Fsp3) is 0.429. The van der Waals surface area contributed by atoms with Crippen LogP contribution in [0, 0.1) is 23.1 Å². The van der Waals surface area contributed by atoms with Gasteiger partial charge < -0.3 is 11.1 Å². The number of nitrogens with two attached hydrogens (primary N) is 1. The van der Waals surface area contributed by atoms with Crippen LogP contribution >= 0.6 is 0 Å². The minimum atomic E-state index is -0.588. The number of halogens is 1. The van der Waals surface area contributed by atoms with Crippen molar-refractivity contribution >= 4 is 11.6 Å². The van der Waals surface area contributed by atoms with Gasteiger partial charge in [0.15, 0.2) is 0 Å². The first kappa shape index (κ1) is 13.5. The summed E-state index contributed by atoms with van der Waals surface area (Å²) in [5, 5.41) is 11.5. The number of amides is 1. The number of hydrogen-bond donors (Lipinski definition) is 2. The van der Waals surface area contributed by atoms with E-state index < -0.39 is 5.82 Å². The van der Waals surface area contributed by atoms with E-state index in [1.165, 1.54) is 18.2 Å². The summed E-state index contributed by atoms with van der Waals surface area (Å²) in [4.78, 5) is 12.1. The van der Waals surface area contributed by atoms with E-state index in [9.17, 15) is 9.18 Å². The summed E-state index contributed by atoms with van der Waals surface area (Å²) < 4.78 is 13.2. The van der Waals surface area contributed by atoms with Crippen molar-refractivity contribution in [2.45, 2.75) is 31.7 Å². The van der Waals surface area contributed by atoms with Gasteiger partial charge in [-0.15, -0.1) is 0 Å². The van der Waals surface area contributed by atoms with E-state index in [1.54, 1.807) is 6.07 Å². The number of benzene rings is 1. The molecule has 0 heterocycles. The third-order valence-corrected chi connectivity index (χ3v) is 3.51. The number of nitrogens with zero attached hydrogens (tertiary/aromatic N) is 1. The molecule has 1 aliphatic carbocycles. The van der Waals surface area contributed by atoms with E-state index in [2.05, 4.69) is 5.32 Å². The summed E-state index contributed by atoms with van der Waals surface area (Å²) in [7, 11) is 0. The Morgan fingerprint density at radius 3 is 2.84 bits per heavy atom. The minimum Gasteiger partial charge on any atom is -0.327 e. The summed E-state index contributed by atoms with van der Waals surface area (Å²) in [5.41, 5.74) is 6.29. The van der Waals surface area contributed by atoms with Crippen LogP contribution in [-0.2, 0) is 4.79 Å². The Morgan fingerprint density at radius 2 is 2.16 bits per heavy atom. The van der Waals surface area contributed by atoms with Crippen LogP contribution < -0.4 is 11.1 Å². The van der Waals surface area contributed by atoms with E-state index in [1.807, 2.05) is 0 Å². The normalized spacial score (nSPS) is 22.6. The molecular weight excluding hydrogens is 245 g/mol. The monoisotopic (exact) mass is 261 g/mol. The molecule has 0 saturated heterocycles. The van der Waals surface area contributed by atoms with Gasteiger partial charge in [-0.2, -0.15) is 5.26 Å². The van der Waals surface area contributed by atoms with Crippen molar-refractivity contribution in [3.63, 3.8) is 0 Å². The highest BCUT2D eigenvalue weighted by atomic mass is 19.1. The van der Waals surface area contributed by atoms with E-state index in [0.29, 0.717) is 5.69 Å². The lowest BCUT2D eigenvalue weighted by molar-refractivity contribution is -0.121. The number of anilines is 1. The zero-order valence-corrected chi connectivity index (χ0v) is 10.5. The van der Waals surface area contributed by atoms with Crippen LogP contribution in [0.5, 0.6) is 0 Å². The molecule has 1 aromatic rings. The maximum atomic E-state index is 13.2. The lowest BCUT2D eigenvalue weighted by Crippen LogP contribution is -2.40. The van der Waals surface area contributed by atoms with Crippen molar-refractivity contribution < 1.29 is 9.18 Å². The topological polar surface area (TPSA) is 78.9 Å². The summed E-state index contributed by atoms with van der Waals surface area (Å²) in [5.74, 6) is -0.943. The lowest BCUT2D eigenvalue weighted by Gasteiger charge is -2.27. The second-order valence-electron chi connectivity index (χ2n) is 4.85. The summed E-state index contributed by atoms with van der Waals surface area (Å²) in [6.45, 7) is 0. The standard InChI is InChI=1S/C14H16FN3O/c15-12-6-5-10(7-9(12)8-16)18-14(19)11-3-1-2-4-13(11)17/h5-7,11,13H,1-4,17H2,(H,18,19). The van der Waals surface area contributed by atoms with Gasteiger partial charge in [0, 0.05) is 11.7 Å². The molecule has 2 rings (SSSR count). The summed E-state index contributed by atoms with van der Waals surface area (Å²) in [6, 6.07) is 5.58. The molecule has 2 unspecified atom stereocenters. The van der Waals surface area contributed by atoms with Gasteiger partial charge in [0.2, 0.25) is 5.91 Å². The maximum Gasteiger partial charge on any atom is 0.229 e. The molecule has 3 N–H and O–H groups in total. The minimum absolute atomic E-state index is 0.0780. The molecule has 1 aromatic carbocycles. The molecule has 0 radical (unpaired) electrons. The predicted octanol–water partition coefficient (Wildman–Crippen LogP) is 2.15. The molecule has 4 nitrogen and oxygen atoms in total. The molecule has 1 amide bonds. The Morgan fingerprint density at radius 1 is 1.42 bits per heavy atom. The molecule has 100 valence electrons. The summed E-state index contributed by atoms with van der Waals surface area (Å²) in [6.07, 6.45) is 3.68. The molecule has 0 bridgehead atoms. The van der Waals surface area contributed by atoms with E-state index in [0.717, 1.165) is 25.7 Å². The summed E-state index contributed by atoms with van der Waals surface area (Å²) >= 11 is 0. The Hall–Kier alpha value is -1.93. The van der Waals surface area contributed by atoms with E-state index >= 15 is 0 Å². The van der Waals surface area contributed by atoms with E-state index in [4.69, 9.17) is 11.0 Å². The maximum absolute atomic E-state index is 13.2. The highest BCUT2D eigenvalue weighted by Gasteiger charge is 2.28. The third-order valence-electron chi connectivity index (χ3n) is 3.51. The molecule has 1 saturated carbocycles. The molecule has 5 heteroatoms. The number of rotatable bonds is 2. The van der Waals surface area contributed by atoms with Gasteiger partial charge in [-0.25, -0.2) is 4.39 Å². The van der Waals surface area contributed by atoms with Gasteiger partial charge >= 0.3 is 0 Å². The first-order chi connectivity index (χ1) is 9.11. The van der Waals surface area contributed by atoms with Crippen molar-refractivity contribution in [1.29, 1.82) is 5.26 Å². The van der Waals surface area contributed by atoms with Gasteiger partial charge in [0.1, 0.15) is 11.9 Å². The zero-order chi connectivity index (χ0) is 13.8. The van der Waals surface area contributed by atoms with Crippen LogP contribution in [0.4, 0.5) is 10.1 Å². The predicted molar refractivity (Wildman–Crippen MR) is 69.7 cm³/mol. The molecule has 2 atom stereocenters. The molecule has 1 aliphatic rings. The first-order valence-corrected chi connectivity index (χ1v) is 6.38. The zero-order valence-electron chi connectivity index (χ0n) is 10.5. The Bertz CT molecular complexity index is 524. The molecule has 0 aliphatic heterocycles. The lowest BCUT2D eigenvalue weighted by atomic mass is 9.84. The molecule has 1 fully saturated rings. The van der Waals surface area contributed by atoms with Gasteiger partial charge in [0.25, 0.3) is 0 Å². The van der Waals surface area contributed by atoms with Crippen molar-refractivity contribution in [3.05, 3.63) is 29.6 Å². The highest BCUT2D eigenvalue weighted by Crippen LogP contribution is 2.24. The molecule has 0 aromatic heterocycles. The largest absolute Gasteiger partial charge is 0.327 e. The fourth-order valence-corrected chi connectivity index (χ4v) is 2.41. The molecule has 0 spiro atoms. The number of nitrogens with one attached hydrogen (secondary N) is 1. The molecule has 19 heavy (non-hydrogen) atoms. The van der Waals surface area contributed by atoms with Crippen molar-refractivity contribution in [2.75, 3.05) is 5.32 Å². The fourth-order valence-electron chi connectivity index (χ4n) is 2.41. The second kappa shape index (κ2) is 5.81. The van der Waals surface area contributed by atoms with Crippen LogP contribution in [0.1, 0.15) is 31.2 Å². The van der Waals surface area contributed by atoms with Crippen molar-refractivity contribution in [1.82, 2.24) is 0 Å². The quantitative estimate of drug-likeness (QED) is 0.856. The van der Waals surface area contributed by atoms with Crippen LogP contribution in [0.2, 0.25) is 0 Å². The Balaban J connectivity index is 2.08. The van der Waals surface area contributed by atoms with Crippen LogP contribution in [0.15, 0.2) is 18.2 Å². The van der Waals surface area contributed by atoms with Crippen molar-refractivity contribution in [2.24, 2.45) is 11.7 Å². The van der Waals surface area contributed by atoms with Crippen molar-refractivity contribution in [3.8, 4) is 6.07 Å². The number of hydrogen-bond acceptors (Lipinski definition) is 3. The van der Waals surface area contributed by atoms with Gasteiger partial charge in [0.05, 0.1) is 11.5 Å². The van der Waals surface area contributed by atoms with Crippen LogP contribution in [0.3, 0.4) is 0 Å². The second-order valence-corrected chi connectivity index (χ2v) is 4.85. The third kappa shape index (κ3) is 3.09. The Kier molecular flexibility index (Phi) is 4.13. The van der Waals surface area contributed by atoms with Crippen LogP contribution in [-0.4, -0.2) is 11.9 Å². The SMILES string of the molecule is N#Cc1cc(NC(=O)C2CCCCC2N)ccc1F. The average Bonchev–Trinajstić information content (AvgIpc) is 2.41. The smallest absolute Gasteiger partial charge is 0.229 e. The van der Waals surface area contributed by atoms with Gasteiger partial charge in [-0.3, -0.25) is 4.79 Å². The van der Waals surface area contributed by atoms with Gasteiger partial charge in [-0.05, 0) is 31.0 Å². The highest BCUT2D eigenvalue weighted by molar-refractivity contribution is 5.93. The first-order valence-electron chi connectivity index (χ1n) is 6.38. The van der Waals surface area contributed by atoms with E-state index in [-0.39, 0.29) is 23.4 Å². The Labute approximate surface area is 111 Å². The van der Waals surface area contributed by atoms with Crippen LogP contribution in [0.25, 0.3) is 0 Å². The van der Waals surface area contributed by atoms with Gasteiger partial charge in [-0.1, -0.05) is 12.8 Å². The number of carbonyl (C=O) groups is 1. The number of carbonyl (C=O) groups excluding carboxylic acids is 1. The molecular formula is C14H16FN3O. The average molecular weight is 261 g/mol. The number of nitriles is 1.